The third kappa shape index (κ3) is 3.13. The van der Waals surface area contributed by atoms with Gasteiger partial charge in [-0.25, -0.2) is 4.79 Å². The summed E-state index contributed by atoms with van der Waals surface area (Å²) >= 11 is 0. The first-order chi connectivity index (χ1) is 8.79. The first-order valence-corrected chi connectivity index (χ1v) is 6.33. The van der Waals surface area contributed by atoms with Gasteiger partial charge >= 0.3 is 5.97 Å². The number of rotatable bonds is 5. The summed E-state index contributed by atoms with van der Waals surface area (Å²) in [4.78, 5) is 24.7. The summed E-state index contributed by atoms with van der Waals surface area (Å²) in [5, 5.41) is 13.7. The number of amides is 1. The van der Waals surface area contributed by atoms with Gasteiger partial charge in [0.2, 0.25) is 5.91 Å². The van der Waals surface area contributed by atoms with E-state index in [1.54, 1.807) is 31.8 Å². The van der Waals surface area contributed by atoms with Crippen LogP contribution in [0.5, 0.6) is 0 Å². The van der Waals surface area contributed by atoms with Crippen LogP contribution in [0.15, 0.2) is 6.20 Å². The number of carboxylic acids is 1. The summed E-state index contributed by atoms with van der Waals surface area (Å²) < 4.78 is 1.59. The highest BCUT2D eigenvalue weighted by atomic mass is 16.4. The van der Waals surface area contributed by atoms with Crippen LogP contribution >= 0.6 is 0 Å². The second-order valence-corrected chi connectivity index (χ2v) is 4.82. The maximum atomic E-state index is 11.7. The summed E-state index contributed by atoms with van der Waals surface area (Å²) in [6.07, 6.45) is 2.31. The fraction of sp³-hybridized carbons (Fsp3) is 0.615. The number of hydrogen-bond donors (Lipinski definition) is 1. The molecule has 1 amide bonds. The molecule has 6 nitrogen and oxygen atoms in total. The molecule has 0 radical (unpaired) electrons. The average molecular weight is 267 g/mol. The average Bonchev–Trinajstić information content (AvgIpc) is 2.64. The molecule has 6 heteroatoms. The van der Waals surface area contributed by atoms with Gasteiger partial charge in [-0.05, 0) is 20.3 Å². The van der Waals surface area contributed by atoms with Gasteiger partial charge in [0.15, 0.2) is 6.04 Å². The van der Waals surface area contributed by atoms with Crippen molar-refractivity contribution in [3.63, 3.8) is 0 Å². The quantitative estimate of drug-likeness (QED) is 0.874. The van der Waals surface area contributed by atoms with Crippen LogP contribution in [-0.4, -0.2) is 37.7 Å². The first kappa shape index (κ1) is 15.2. The molecule has 1 heterocycles. The maximum Gasteiger partial charge on any atom is 0.331 e. The Morgan fingerprint density at radius 3 is 2.42 bits per heavy atom. The zero-order valence-electron chi connectivity index (χ0n) is 12.0. The topological polar surface area (TPSA) is 75.4 Å². The molecule has 0 aliphatic rings. The molecule has 106 valence electrons. The van der Waals surface area contributed by atoms with Crippen LogP contribution in [0.25, 0.3) is 0 Å². The van der Waals surface area contributed by atoms with Gasteiger partial charge in [0.05, 0.1) is 5.69 Å². The molecule has 1 N–H and O–H groups in total. The van der Waals surface area contributed by atoms with Crippen LogP contribution in [0.3, 0.4) is 0 Å². The Balaban J connectivity index is 3.34. The van der Waals surface area contributed by atoms with Gasteiger partial charge in [-0.1, -0.05) is 6.92 Å². The molecule has 19 heavy (non-hydrogen) atoms. The highest BCUT2D eigenvalue weighted by Gasteiger charge is 2.34. The van der Waals surface area contributed by atoms with Crippen molar-refractivity contribution in [2.24, 2.45) is 7.05 Å². The van der Waals surface area contributed by atoms with E-state index in [0.717, 1.165) is 0 Å². The fourth-order valence-corrected chi connectivity index (χ4v) is 2.30. The number of carbonyl (C=O) groups excluding carboxylic acids is 1. The van der Waals surface area contributed by atoms with E-state index >= 15 is 0 Å². The third-order valence-electron chi connectivity index (χ3n) is 3.00. The normalized spacial score (nSPS) is 12.5. The smallest absolute Gasteiger partial charge is 0.331 e. The van der Waals surface area contributed by atoms with E-state index < -0.39 is 12.0 Å². The Labute approximate surface area is 113 Å². The van der Waals surface area contributed by atoms with E-state index in [4.69, 9.17) is 0 Å². The van der Waals surface area contributed by atoms with E-state index in [2.05, 4.69) is 5.10 Å². The van der Waals surface area contributed by atoms with E-state index in [1.807, 2.05) is 6.92 Å². The molecule has 0 saturated carbocycles. The molecule has 0 aliphatic heterocycles. The highest BCUT2D eigenvalue weighted by molar-refractivity contribution is 5.83. The lowest BCUT2D eigenvalue weighted by Gasteiger charge is -2.31. The maximum absolute atomic E-state index is 11.7. The van der Waals surface area contributed by atoms with Gasteiger partial charge in [0, 0.05) is 31.8 Å². The molecule has 1 unspecified atom stereocenters. The third-order valence-corrected chi connectivity index (χ3v) is 3.00. The van der Waals surface area contributed by atoms with Crippen LogP contribution < -0.4 is 0 Å². The van der Waals surface area contributed by atoms with Crippen molar-refractivity contribution in [2.75, 3.05) is 0 Å². The molecular weight excluding hydrogens is 246 g/mol. The van der Waals surface area contributed by atoms with Gasteiger partial charge in [0.1, 0.15) is 0 Å². The van der Waals surface area contributed by atoms with Crippen molar-refractivity contribution < 1.29 is 14.7 Å². The van der Waals surface area contributed by atoms with Gasteiger partial charge in [-0.2, -0.15) is 5.10 Å². The van der Waals surface area contributed by atoms with Crippen molar-refractivity contribution in [3.8, 4) is 0 Å². The van der Waals surface area contributed by atoms with Crippen molar-refractivity contribution in [1.29, 1.82) is 0 Å². The predicted molar refractivity (Wildman–Crippen MR) is 70.6 cm³/mol. The van der Waals surface area contributed by atoms with E-state index in [1.165, 1.54) is 11.8 Å². The molecule has 1 aromatic heterocycles. The second-order valence-electron chi connectivity index (χ2n) is 4.82. The number of nitrogens with zero attached hydrogens (tertiary/aromatic N) is 3. The van der Waals surface area contributed by atoms with Crippen molar-refractivity contribution in [3.05, 3.63) is 17.5 Å². The monoisotopic (exact) mass is 267 g/mol. The van der Waals surface area contributed by atoms with Crippen molar-refractivity contribution in [1.82, 2.24) is 14.7 Å². The molecule has 0 saturated heterocycles. The largest absolute Gasteiger partial charge is 0.479 e. The Kier molecular flexibility index (Phi) is 4.69. The minimum Gasteiger partial charge on any atom is -0.479 e. The summed E-state index contributed by atoms with van der Waals surface area (Å²) in [5.74, 6) is -1.29. The standard InChI is InChI=1S/C13H21N3O3/c1-6-11-10(7-15(5)14-11)12(13(18)19)16(8(2)3)9(4)17/h7-8,12H,6H2,1-5H3,(H,18,19). The number of hydrogen-bond acceptors (Lipinski definition) is 3. The summed E-state index contributed by atoms with van der Waals surface area (Å²) in [5.41, 5.74) is 1.29. The highest BCUT2D eigenvalue weighted by Crippen LogP contribution is 2.26. The van der Waals surface area contributed by atoms with Crippen molar-refractivity contribution >= 4 is 11.9 Å². The fourth-order valence-electron chi connectivity index (χ4n) is 2.30. The van der Waals surface area contributed by atoms with Crippen LogP contribution in [0.1, 0.15) is 45.0 Å². The molecule has 1 atom stereocenters. The summed E-state index contributed by atoms with van der Waals surface area (Å²) in [7, 11) is 1.75. The van der Waals surface area contributed by atoms with Crippen molar-refractivity contribution in [2.45, 2.75) is 46.2 Å². The zero-order chi connectivity index (χ0) is 14.7. The van der Waals surface area contributed by atoms with E-state index in [-0.39, 0.29) is 11.9 Å². The molecule has 0 bridgehead atoms. The van der Waals surface area contributed by atoms with E-state index in [9.17, 15) is 14.7 Å². The van der Waals surface area contributed by atoms with Gasteiger partial charge in [0.25, 0.3) is 0 Å². The Morgan fingerprint density at radius 1 is 1.47 bits per heavy atom. The predicted octanol–water partition coefficient (Wildman–Crippen LogP) is 1.37. The Bertz CT molecular complexity index is 479. The summed E-state index contributed by atoms with van der Waals surface area (Å²) in [6, 6.07) is -1.18. The second kappa shape index (κ2) is 5.86. The number of carbonyl (C=O) groups is 2. The van der Waals surface area contributed by atoms with Gasteiger partial charge < -0.3 is 10.0 Å². The van der Waals surface area contributed by atoms with Crippen LogP contribution in [0.4, 0.5) is 0 Å². The number of carboxylic acid groups (broad SMARTS) is 1. The lowest BCUT2D eigenvalue weighted by atomic mass is 10.0. The minimum atomic E-state index is -1.04. The minimum absolute atomic E-state index is 0.191. The molecule has 0 spiro atoms. The number of aryl methyl sites for hydroxylation is 2. The number of aromatic nitrogens is 2. The first-order valence-electron chi connectivity index (χ1n) is 6.33. The van der Waals surface area contributed by atoms with Crippen LogP contribution in [0.2, 0.25) is 0 Å². The zero-order valence-corrected chi connectivity index (χ0v) is 12.0. The molecule has 0 fully saturated rings. The lowest BCUT2D eigenvalue weighted by molar-refractivity contribution is -0.151. The molecule has 1 aromatic rings. The van der Waals surface area contributed by atoms with Gasteiger partial charge in [-0.3, -0.25) is 9.48 Å². The lowest BCUT2D eigenvalue weighted by Crippen LogP contribution is -2.42. The van der Waals surface area contributed by atoms with Crippen LogP contribution in [-0.2, 0) is 23.1 Å². The molecular formula is C13H21N3O3. The van der Waals surface area contributed by atoms with Crippen LogP contribution in [0, 0.1) is 0 Å². The SMILES string of the molecule is CCc1nn(C)cc1C(C(=O)O)N(C(C)=O)C(C)C. The summed E-state index contributed by atoms with van der Waals surface area (Å²) in [6.45, 7) is 6.91. The Hall–Kier alpha value is -1.85. The van der Waals surface area contributed by atoms with E-state index in [0.29, 0.717) is 17.7 Å². The Morgan fingerprint density at radius 2 is 2.05 bits per heavy atom. The molecule has 0 aromatic carbocycles. The molecule has 1 rings (SSSR count). The molecule has 0 aliphatic carbocycles. The number of aliphatic carboxylic acids is 1. The van der Waals surface area contributed by atoms with Gasteiger partial charge in [-0.15, -0.1) is 0 Å².